The van der Waals surface area contributed by atoms with Crippen LogP contribution in [0.25, 0.3) is 0 Å². The van der Waals surface area contributed by atoms with E-state index < -0.39 is 0 Å². The van der Waals surface area contributed by atoms with E-state index in [1.54, 1.807) is 13.2 Å². The van der Waals surface area contributed by atoms with Crippen molar-refractivity contribution in [3.63, 3.8) is 0 Å². The predicted molar refractivity (Wildman–Crippen MR) is 94.6 cm³/mol. The van der Waals surface area contributed by atoms with E-state index in [1.165, 1.54) is 12.0 Å². The number of aryl methyl sites for hydroxylation is 1. The van der Waals surface area contributed by atoms with Gasteiger partial charge in [0.25, 0.3) is 0 Å². The Morgan fingerprint density at radius 3 is 2.52 bits per heavy atom. The smallest absolute Gasteiger partial charge is 0.246 e. The molecule has 1 heterocycles. The van der Waals surface area contributed by atoms with Gasteiger partial charge < -0.3 is 9.64 Å². The van der Waals surface area contributed by atoms with Crippen LogP contribution in [-0.4, -0.2) is 31.0 Å². The van der Waals surface area contributed by atoms with Crippen LogP contribution in [0.4, 0.5) is 0 Å². The van der Waals surface area contributed by atoms with Crippen LogP contribution >= 0.6 is 0 Å². The molecule has 1 aliphatic rings. The van der Waals surface area contributed by atoms with E-state index in [2.05, 4.69) is 12.1 Å². The predicted octanol–water partition coefficient (Wildman–Crippen LogP) is 4.00. The molecule has 1 amide bonds. The Labute approximate surface area is 139 Å². The molecule has 0 bridgehead atoms. The molecule has 3 nitrogen and oxygen atoms in total. The van der Waals surface area contributed by atoms with Gasteiger partial charge in [-0.25, -0.2) is 0 Å². The summed E-state index contributed by atoms with van der Waals surface area (Å²) in [5.74, 6) is 1.77. The Bertz CT molecular complexity index is 537. The van der Waals surface area contributed by atoms with Gasteiger partial charge in [-0.05, 0) is 56.2 Å². The highest BCUT2D eigenvalue weighted by molar-refractivity contribution is 5.87. The number of piperidine rings is 1. The van der Waals surface area contributed by atoms with Gasteiger partial charge in [0.1, 0.15) is 5.75 Å². The largest absolute Gasteiger partial charge is 0.497 e. The Morgan fingerprint density at radius 2 is 1.91 bits per heavy atom. The second kappa shape index (κ2) is 9.19. The molecule has 3 heteroatoms. The topological polar surface area (TPSA) is 29.5 Å². The van der Waals surface area contributed by atoms with Crippen LogP contribution in [-0.2, 0) is 11.2 Å². The number of carbonyl (C=O) groups excluding carboxylic acids is 1. The summed E-state index contributed by atoms with van der Waals surface area (Å²) >= 11 is 0. The number of likely N-dealkylation sites (tertiary alicyclic amines) is 1. The Hall–Kier alpha value is -2.03. The summed E-state index contributed by atoms with van der Waals surface area (Å²) in [6, 6.07) is 8.33. The molecule has 0 spiro atoms. The standard InChI is InChI=1S/C20H27NO2/c1-3-4-5-6-20(22)21-15-13-18(14-16-21)8-7-17-9-11-19(23-2)12-10-17/h3-6,9-12,18H,7-8,13-16H2,1-2H3/b4-3+,6-5+. The van der Waals surface area contributed by atoms with Crippen molar-refractivity contribution in [2.75, 3.05) is 20.2 Å². The van der Waals surface area contributed by atoms with Crippen molar-refractivity contribution in [3.05, 3.63) is 54.1 Å². The maximum absolute atomic E-state index is 12.0. The lowest BCUT2D eigenvalue weighted by Gasteiger charge is -2.31. The SMILES string of the molecule is C/C=C/C=C/C(=O)N1CCC(CCc2ccc(OC)cc2)CC1. The quantitative estimate of drug-likeness (QED) is 0.587. The minimum absolute atomic E-state index is 0.136. The lowest BCUT2D eigenvalue weighted by Crippen LogP contribution is -2.37. The summed E-state index contributed by atoms with van der Waals surface area (Å²) in [5.41, 5.74) is 1.36. The number of benzene rings is 1. The van der Waals surface area contributed by atoms with Crippen LogP contribution in [0.1, 0.15) is 31.7 Å². The van der Waals surface area contributed by atoms with Crippen LogP contribution < -0.4 is 4.74 Å². The van der Waals surface area contributed by atoms with Crippen LogP contribution in [0.3, 0.4) is 0 Å². The number of hydrogen-bond acceptors (Lipinski definition) is 2. The van der Waals surface area contributed by atoms with Gasteiger partial charge in [-0.2, -0.15) is 0 Å². The van der Waals surface area contributed by atoms with Gasteiger partial charge in [0, 0.05) is 19.2 Å². The van der Waals surface area contributed by atoms with E-state index in [-0.39, 0.29) is 5.91 Å². The van der Waals surface area contributed by atoms with Gasteiger partial charge >= 0.3 is 0 Å². The number of methoxy groups -OCH3 is 1. The summed E-state index contributed by atoms with van der Waals surface area (Å²) in [7, 11) is 1.69. The average molecular weight is 313 g/mol. The molecule has 0 N–H and O–H groups in total. The Morgan fingerprint density at radius 1 is 1.22 bits per heavy atom. The maximum Gasteiger partial charge on any atom is 0.246 e. The second-order valence-electron chi connectivity index (χ2n) is 6.04. The molecule has 2 rings (SSSR count). The molecule has 23 heavy (non-hydrogen) atoms. The van der Waals surface area contributed by atoms with Gasteiger partial charge in [-0.3, -0.25) is 4.79 Å². The summed E-state index contributed by atoms with van der Waals surface area (Å²) in [5, 5.41) is 0. The molecular formula is C20H27NO2. The van der Waals surface area contributed by atoms with E-state index >= 15 is 0 Å². The molecule has 0 aromatic heterocycles. The van der Waals surface area contributed by atoms with Gasteiger partial charge in [-0.1, -0.05) is 30.4 Å². The molecule has 1 saturated heterocycles. The molecule has 0 unspecified atom stereocenters. The summed E-state index contributed by atoms with van der Waals surface area (Å²) in [4.78, 5) is 14.0. The number of ether oxygens (including phenoxy) is 1. The van der Waals surface area contributed by atoms with Crippen molar-refractivity contribution >= 4 is 5.91 Å². The lowest BCUT2D eigenvalue weighted by molar-refractivity contribution is -0.127. The Kier molecular flexibility index (Phi) is 6.92. The summed E-state index contributed by atoms with van der Waals surface area (Å²) < 4.78 is 5.19. The zero-order chi connectivity index (χ0) is 16.5. The van der Waals surface area contributed by atoms with Gasteiger partial charge in [0.2, 0.25) is 5.91 Å². The highest BCUT2D eigenvalue weighted by Gasteiger charge is 2.21. The molecule has 0 atom stereocenters. The van der Waals surface area contributed by atoms with Crippen LogP contribution in [0.2, 0.25) is 0 Å². The first kappa shape index (κ1) is 17.3. The van der Waals surface area contributed by atoms with Crippen LogP contribution in [0, 0.1) is 5.92 Å². The Balaban J connectivity index is 1.72. The number of rotatable bonds is 6. The number of carbonyl (C=O) groups is 1. The lowest BCUT2D eigenvalue weighted by atomic mass is 9.90. The minimum Gasteiger partial charge on any atom is -0.497 e. The molecule has 0 radical (unpaired) electrons. The molecular weight excluding hydrogens is 286 g/mol. The monoisotopic (exact) mass is 313 g/mol. The van der Waals surface area contributed by atoms with Crippen molar-refractivity contribution in [3.8, 4) is 5.75 Å². The number of amides is 1. The third kappa shape index (κ3) is 5.59. The molecule has 0 aliphatic carbocycles. The van der Waals surface area contributed by atoms with Gasteiger partial charge in [0.05, 0.1) is 7.11 Å². The van der Waals surface area contributed by atoms with E-state index in [1.807, 2.05) is 42.2 Å². The molecule has 1 fully saturated rings. The number of nitrogens with zero attached hydrogens (tertiary/aromatic N) is 1. The van der Waals surface area contributed by atoms with Gasteiger partial charge in [0.15, 0.2) is 0 Å². The van der Waals surface area contributed by atoms with E-state index in [9.17, 15) is 4.79 Å². The first-order valence-electron chi connectivity index (χ1n) is 8.44. The van der Waals surface area contributed by atoms with Crippen LogP contribution in [0.5, 0.6) is 5.75 Å². The fraction of sp³-hybridized carbons (Fsp3) is 0.450. The molecule has 1 aromatic carbocycles. The van der Waals surface area contributed by atoms with Crippen molar-refractivity contribution in [1.82, 2.24) is 4.90 Å². The first-order chi connectivity index (χ1) is 11.2. The molecule has 124 valence electrons. The number of hydrogen-bond donors (Lipinski definition) is 0. The fourth-order valence-electron chi connectivity index (χ4n) is 2.96. The highest BCUT2D eigenvalue weighted by atomic mass is 16.5. The fourth-order valence-corrected chi connectivity index (χ4v) is 2.96. The van der Waals surface area contributed by atoms with Crippen molar-refractivity contribution in [2.45, 2.75) is 32.6 Å². The van der Waals surface area contributed by atoms with Crippen molar-refractivity contribution in [2.24, 2.45) is 5.92 Å². The third-order valence-electron chi connectivity index (χ3n) is 4.47. The van der Waals surface area contributed by atoms with Crippen LogP contribution in [0.15, 0.2) is 48.6 Å². The van der Waals surface area contributed by atoms with E-state index in [0.29, 0.717) is 0 Å². The van der Waals surface area contributed by atoms with Crippen molar-refractivity contribution < 1.29 is 9.53 Å². The molecule has 1 aliphatic heterocycles. The highest BCUT2D eigenvalue weighted by Crippen LogP contribution is 2.23. The average Bonchev–Trinajstić information content (AvgIpc) is 2.61. The summed E-state index contributed by atoms with van der Waals surface area (Å²) in [6.45, 7) is 3.71. The van der Waals surface area contributed by atoms with E-state index in [0.717, 1.165) is 44.0 Å². The van der Waals surface area contributed by atoms with Gasteiger partial charge in [-0.15, -0.1) is 0 Å². The first-order valence-corrected chi connectivity index (χ1v) is 8.44. The molecule has 0 saturated carbocycles. The summed E-state index contributed by atoms with van der Waals surface area (Å²) in [6.07, 6.45) is 11.8. The maximum atomic E-state index is 12.0. The second-order valence-corrected chi connectivity index (χ2v) is 6.04. The number of allylic oxidation sites excluding steroid dienone is 3. The van der Waals surface area contributed by atoms with E-state index in [4.69, 9.17) is 4.74 Å². The minimum atomic E-state index is 0.136. The zero-order valence-electron chi connectivity index (χ0n) is 14.2. The third-order valence-corrected chi connectivity index (χ3v) is 4.47. The molecule has 1 aromatic rings. The van der Waals surface area contributed by atoms with Crippen molar-refractivity contribution in [1.29, 1.82) is 0 Å². The zero-order valence-corrected chi connectivity index (χ0v) is 14.2. The normalized spacial score (nSPS) is 16.3.